The number of aromatic nitrogens is 2. The van der Waals surface area contributed by atoms with Crippen LogP contribution in [0.3, 0.4) is 0 Å². The highest BCUT2D eigenvalue weighted by atomic mass is 35.5. The first-order valence-corrected chi connectivity index (χ1v) is 14.0. The van der Waals surface area contributed by atoms with Gasteiger partial charge in [-0.1, -0.05) is 77.6 Å². The molecule has 14 heteroatoms. The van der Waals surface area contributed by atoms with Gasteiger partial charge in [0.25, 0.3) is 12.4 Å². The zero-order chi connectivity index (χ0) is 31.4. The van der Waals surface area contributed by atoms with Crippen molar-refractivity contribution in [3.8, 4) is 0 Å². The second-order valence-electron chi connectivity index (χ2n) is 8.88. The maximum Gasteiger partial charge on any atom is 0.254 e. The molecule has 1 atom stereocenters. The summed E-state index contributed by atoms with van der Waals surface area (Å²) in [6.07, 6.45) is 5.38. The summed E-state index contributed by atoms with van der Waals surface area (Å²) in [6.45, 7) is 1.85. The van der Waals surface area contributed by atoms with Gasteiger partial charge in [-0.25, -0.2) is 9.97 Å². The molecule has 2 heterocycles. The topological polar surface area (TPSA) is 136 Å². The molecule has 0 radical (unpaired) electrons. The number of allylic oxidation sites excluding steroid dienone is 2. The van der Waals surface area contributed by atoms with Crippen molar-refractivity contribution in [3.63, 3.8) is 0 Å². The molecule has 43 heavy (non-hydrogen) atoms. The molecule has 0 aliphatic rings. The Bertz CT molecular complexity index is 1620. The molecule has 0 fully saturated rings. The minimum atomic E-state index is -0.504. The lowest BCUT2D eigenvalue weighted by Gasteiger charge is -2.16. The molecule has 0 bridgehead atoms. The van der Waals surface area contributed by atoms with Crippen LogP contribution in [0.15, 0.2) is 109 Å². The van der Waals surface area contributed by atoms with Crippen LogP contribution >= 0.6 is 46.4 Å². The van der Waals surface area contributed by atoms with Gasteiger partial charge in [-0.2, -0.15) is 0 Å². The zero-order valence-electron chi connectivity index (χ0n) is 22.5. The van der Waals surface area contributed by atoms with Crippen LogP contribution in [0.1, 0.15) is 24.0 Å². The molecular formula is C29H24Cl4N6O4. The summed E-state index contributed by atoms with van der Waals surface area (Å²) < 4.78 is 0. The summed E-state index contributed by atoms with van der Waals surface area (Å²) in [5.74, 6) is -0.255. The van der Waals surface area contributed by atoms with Crippen molar-refractivity contribution >= 4 is 57.8 Å². The largest absolute Gasteiger partial charge is 0.354 e. The quantitative estimate of drug-likeness (QED) is 0.0977. The number of nitrogens with zero attached hydrogens (tertiary/aromatic N) is 4. The molecule has 4 aromatic rings. The summed E-state index contributed by atoms with van der Waals surface area (Å²) in [5, 5.41) is 29.5. The number of rotatable bonds is 10. The highest BCUT2D eigenvalue weighted by Crippen LogP contribution is 2.27. The lowest BCUT2D eigenvalue weighted by atomic mass is 9.99. The Morgan fingerprint density at radius 3 is 1.84 bits per heavy atom. The highest BCUT2D eigenvalue weighted by Gasteiger charge is 2.16. The average molecular weight is 662 g/mol. The van der Waals surface area contributed by atoms with Gasteiger partial charge in [-0.15, -0.1) is 0 Å². The van der Waals surface area contributed by atoms with Gasteiger partial charge in [0.15, 0.2) is 0 Å². The molecule has 0 amide bonds. The number of nitrogens with one attached hydrogen (secondary N) is 2. The molecule has 0 spiro atoms. The second-order valence-corrected chi connectivity index (χ2v) is 10.5. The van der Waals surface area contributed by atoms with Gasteiger partial charge in [0, 0.05) is 46.2 Å². The Kier molecular flexibility index (Phi) is 12.7. The lowest BCUT2D eigenvalue weighted by Crippen LogP contribution is -2.10. The van der Waals surface area contributed by atoms with Crippen molar-refractivity contribution < 1.29 is 9.85 Å². The van der Waals surface area contributed by atoms with E-state index in [-0.39, 0.29) is 5.92 Å². The predicted octanol–water partition coefficient (Wildman–Crippen LogP) is 8.88. The van der Waals surface area contributed by atoms with Crippen LogP contribution in [0.4, 0.5) is 11.4 Å². The van der Waals surface area contributed by atoms with Gasteiger partial charge in [0.05, 0.1) is 21.2 Å². The summed E-state index contributed by atoms with van der Waals surface area (Å²) in [7, 11) is 0. The van der Waals surface area contributed by atoms with E-state index in [0.29, 0.717) is 49.5 Å². The van der Waals surface area contributed by atoms with Crippen molar-refractivity contribution in [2.45, 2.75) is 19.3 Å². The summed E-state index contributed by atoms with van der Waals surface area (Å²) in [5.41, 5.74) is 3.82. The highest BCUT2D eigenvalue weighted by molar-refractivity contribution is 6.31. The number of hydrogen-bond acceptors (Lipinski definition) is 8. The minimum absolute atomic E-state index is 0.255. The molecular weight excluding hydrogens is 638 g/mol. The van der Waals surface area contributed by atoms with E-state index >= 15 is 0 Å². The molecule has 2 N–H and O–H groups in total. The van der Waals surface area contributed by atoms with Crippen LogP contribution in [-0.4, -0.2) is 19.8 Å². The van der Waals surface area contributed by atoms with Crippen LogP contribution in [-0.2, 0) is 6.42 Å². The molecule has 10 nitrogen and oxygen atoms in total. The average Bonchev–Trinajstić information content (AvgIpc) is 2.94. The second kappa shape index (κ2) is 16.4. The van der Waals surface area contributed by atoms with Gasteiger partial charge >= 0.3 is 0 Å². The first-order valence-electron chi connectivity index (χ1n) is 12.4. The van der Waals surface area contributed by atoms with Gasteiger partial charge < -0.3 is 10.6 Å². The Labute approximate surface area is 267 Å². The molecule has 1 unspecified atom stereocenters. The number of pyridine rings is 2. The first-order chi connectivity index (χ1) is 20.5. The number of anilines is 2. The van der Waals surface area contributed by atoms with Crippen molar-refractivity contribution in [1.82, 2.24) is 9.97 Å². The first kappa shape index (κ1) is 33.3. The van der Waals surface area contributed by atoms with E-state index in [4.69, 9.17) is 46.4 Å². The number of benzene rings is 2. The third-order valence-electron chi connectivity index (χ3n) is 5.65. The van der Waals surface area contributed by atoms with Crippen molar-refractivity contribution in [1.29, 1.82) is 0 Å². The standard InChI is InChI=1S/C15H13Cl2N3O2.C14H11Cl2N3O2/c1-10(11-5-6-15(17)18-8-11)14(9-20(21)22)19-13-4-2-3-12(16)7-13;15-11-2-1-3-12(7-11)18-13(9-19(20)21)6-10-4-5-14(16)17-8-10/h2-10,19H,1H3;1-5,7-9,18H,6H2/b14-9+;13-9+. The van der Waals surface area contributed by atoms with Gasteiger partial charge in [0.2, 0.25) is 0 Å². The molecule has 0 saturated heterocycles. The third kappa shape index (κ3) is 11.9. The molecule has 0 saturated carbocycles. The Morgan fingerprint density at radius 1 is 0.791 bits per heavy atom. The lowest BCUT2D eigenvalue weighted by molar-refractivity contribution is -0.403. The van der Waals surface area contributed by atoms with Crippen LogP contribution in [0, 0.1) is 20.2 Å². The Balaban J connectivity index is 0.000000236. The molecule has 2 aromatic carbocycles. The Morgan fingerprint density at radius 2 is 1.35 bits per heavy atom. The third-order valence-corrected chi connectivity index (χ3v) is 6.57. The normalized spacial score (nSPS) is 12.0. The molecule has 0 aliphatic carbocycles. The van der Waals surface area contributed by atoms with Gasteiger partial charge in [-0.05, 0) is 59.7 Å². The van der Waals surface area contributed by atoms with Gasteiger partial charge in [0.1, 0.15) is 10.3 Å². The van der Waals surface area contributed by atoms with E-state index in [1.807, 2.05) is 6.92 Å². The van der Waals surface area contributed by atoms with Crippen LogP contribution in [0.2, 0.25) is 20.4 Å². The molecule has 4 rings (SSSR count). The van der Waals surface area contributed by atoms with E-state index in [1.54, 1.807) is 85.2 Å². The molecule has 2 aromatic heterocycles. The molecule has 222 valence electrons. The van der Waals surface area contributed by atoms with E-state index in [1.165, 1.54) is 0 Å². The van der Waals surface area contributed by atoms with Crippen LogP contribution in [0.5, 0.6) is 0 Å². The van der Waals surface area contributed by atoms with E-state index in [2.05, 4.69) is 20.6 Å². The summed E-state index contributed by atoms with van der Waals surface area (Å²) >= 11 is 23.3. The van der Waals surface area contributed by atoms with Crippen molar-refractivity contribution in [3.05, 3.63) is 161 Å². The van der Waals surface area contributed by atoms with Crippen molar-refractivity contribution in [2.75, 3.05) is 10.6 Å². The van der Waals surface area contributed by atoms with E-state index < -0.39 is 9.85 Å². The zero-order valence-corrected chi connectivity index (χ0v) is 25.5. The number of hydrogen-bond donors (Lipinski definition) is 2. The number of halogens is 4. The predicted molar refractivity (Wildman–Crippen MR) is 171 cm³/mol. The van der Waals surface area contributed by atoms with Gasteiger partial charge in [-0.3, -0.25) is 20.2 Å². The smallest absolute Gasteiger partial charge is 0.254 e. The fraction of sp³-hybridized carbons (Fsp3) is 0.103. The van der Waals surface area contributed by atoms with Crippen LogP contribution in [0.25, 0.3) is 0 Å². The molecule has 0 aliphatic heterocycles. The fourth-order valence-electron chi connectivity index (χ4n) is 3.65. The maximum absolute atomic E-state index is 10.9. The monoisotopic (exact) mass is 660 g/mol. The van der Waals surface area contributed by atoms with Crippen molar-refractivity contribution in [2.24, 2.45) is 0 Å². The minimum Gasteiger partial charge on any atom is -0.354 e. The van der Waals surface area contributed by atoms with Crippen LogP contribution < -0.4 is 10.6 Å². The van der Waals surface area contributed by atoms with E-state index in [9.17, 15) is 20.2 Å². The summed E-state index contributed by atoms with van der Waals surface area (Å²) in [6, 6.07) is 20.8. The van der Waals surface area contributed by atoms with E-state index in [0.717, 1.165) is 23.5 Å². The summed E-state index contributed by atoms with van der Waals surface area (Å²) in [4.78, 5) is 28.6. The SMILES string of the molecule is CC(/C(=C\[N+](=O)[O-])Nc1cccc(Cl)c1)c1ccc(Cl)nc1.O=[N+]([O-])/C=C(\Cc1ccc(Cl)nc1)Nc1cccc(Cl)c1. The fourth-order valence-corrected chi connectivity index (χ4v) is 4.26. The number of nitro groups is 2. The maximum atomic E-state index is 10.9. The Hall–Kier alpha value is -4.22.